The number of rotatable bonds is 1. The zero-order valence-corrected chi connectivity index (χ0v) is 14.3. The van der Waals surface area contributed by atoms with Crippen LogP contribution in [-0.4, -0.2) is 29.8 Å². The van der Waals surface area contributed by atoms with Gasteiger partial charge in [0.2, 0.25) is 0 Å². The Morgan fingerprint density at radius 1 is 0.958 bits per heavy atom. The first kappa shape index (κ1) is 15.9. The van der Waals surface area contributed by atoms with Gasteiger partial charge in [0.1, 0.15) is 11.5 Å². The number of fused-ring (bicyclic) bond motifs is 1. The Hall–Kier alpha value is -3.02. The highest BCUT2D eigenvalue weighted by Gasteiger charge is 2.09. The van der Waals surface area contributed by atoms with E-state index in [1.54, 1.807) is 29.3 Å². The average Bonchev–Trinajstić information content (AvgIpc) is 3.13. The van der Waals surface area contributed by atoms with E-state index in [0.29, 0.717) is 0 Å². The third-order valence-corrected chi connectivity index (χ3v) is 3.50. The van der Waals surface area contributed by atoms with Gasteiger partial charge in [0.25, 0.3) is 0 Å². The van der Waals surface area contributed by atoms with E-state index in [0.717, 1.165) is 22.7 Å². The van der Waals surface area contributed by atoms with Crippen LogP contribution >= 0.6 is 0 Å². The lowest BCUT2D eigenvalue weighted by Crippen LogP contribution is -1.91. The lowest BCUT2D eigenvalue weighted by molar-refractivity contribution is 0.921. The number of hydrogen-bond acceptors (Lipinski definition) is 4. The number of aryl methyl sites for hydroxylation is 4. The summed E-state index contributed by atoms with van der Waals surface area (Å²) in [4.78, 5) is 8.60. The third-order valence-electron chi connectivity index (χ3n) is 3.50. The number of nitrogens with one attached hydrogen (secondary N) is 1. The van der Waals surface area contributed by atoms with Gasteiger partial charge >= 0.3 is 0 Å². The number of nitrogens with zero attached hydrogens (tertiary/aromatic N) is 5. The molecule has 0 bridgehead atoms. The van der Waals surface area contributed by atoms with Gasteiger partial charge in [-0.05, 0) is 27.7 Å². The molecular weight excluding hydrogens is 300 g/mol. The van der Waals surface area contributed by atoms with Crippen molar-refractivity contribution in [2.75, 3.05) is 0 Å². The third kappa shape index (κ3) is 3.48. The normalized spacial score (nSPS) is 10.5. The van der Waals surface area contributed by atoms with Gasteiger partial charge in [0.15, 0.2) is 5.65 Å². The summed E-state index contributed by atoms with van der Waals surface area (Å²) in [6.07, 6.45) is 6.97. The molecule has 0 amide bonds. The molecule has 0 aliphatic carbocycles. The van der Waals surface area contributed by atoms with Crippen LogP contribution < -0.4 is 0 Å². The van der Waals surface area contributed by atoms with E-state index in [-0.39, 0.29) is 0 Å². The second kappa shape index (κ2) is 6.62. The number of H-pyrrole nitrogens is 1. The van der Waals surface area contributed by atoms with Crippen molar-refractivity contribution in [2.24, 2.45) is 0 Å². The van der Waals surface area contributed by atoms with Gasteiger partial charge in [-0.15, -0.1) is 0 Å². The van der Waals surface area contributed by atoms with Crippen molar-refractivity contribution in [3.05, 3.63) is 65.5 Å². The highest BCUT2D eigenvalue weighted by atomic mass is 15.3. The first-order chi connectivity index (χ1) is 11.5. The van der Waals surface area contributed by atoms with Gasteiger partial charge in [-0.3, -0.25) is 10.1 Å². The summed E-state index contributed by atoms with van der Waals surface area (Å²) in [6, 6.07) is 6.56. The van der Waals surface area contributed by atoms with Gasteiger partial charge in [-0.1, -0.05) is 34.9 Å². The minimum atomic E-state index is 0.729. The molecular formula is C18H20N6. The van der Waals surface area contributed by atoms with E-state index < -0.39 is 0 Å². The van der Waals surface area contributed by atoms with E-state index in [9.17, 15) is 0 Å². The van der Waals surface area contributed by atoms with Crippen LogP contribution in [0.1, 0.15) is 22.5 Å². The van der Waals surface area contributed by atoms with E-state index in [1.807, 2.05) is 6.92 Å². The maximum absolute atomic E-state index is 4.32. The highest BCUT2D eigenvalue weighted by Crippen LogP contribution is 2.18. The maximum atomic E-state index is 4.32. The van der Waals surface area contributed by atoms with Crippen LogP contribution in [0.4, 0.5) is 0 Å². The molecule has 1 N–H and O–H groups in total. The molecule has 0 atom stereocenters. The van der Waals surface area contributed by atoms with E-state index in [2.05, 4.69) is 64.2 Å². The van der Waals surface area contributed by atoms with Gasteiger partial charge in [-0.25, -0.2) is 9.50 Å². The average molecular weight is 320 g/mol. The molecule has 0 spiro atoms. The fourth-order valence-corrected chi connectivity index (χ4v) is 2.71. The Labute approximate surface area is 140 Å². The summed E-state index contributed by atoms with van der Waals surface area (Å²) in [7, 11) is 0. The lowest BCUT2D eigenvalue weighted by Gasteiger charge is -1.96. The number of aromatic nitrogens is 6. The predicted octanol–water partition coefficient (Wildman–Crippen LogP) is 3.43. The molecule has 122 valence electrons. The SMILES string of the molecule is Cc1cc(C)cc(C)c1.Cc1nc2c(-c3cn[nH]c3)nccn2n1. The fraction of sp³-hybridized carbons (Fsp3) is 0.222. The molecule has 0 aliphatic rings. The Morgan fingerprint density at radius 2 is 1.62 bits per heavy atom. The molecule has 4 aromatic rings. The molecule has 3 heterocycles. The summed E-state index contributed by atoms with van der Waals surface area (Å²) >= 11 is 0. The van der Waals surface area contributed by atoms with Crippen molar-refractivity contribution < 1.29 is 0 Å². The van der Waals surface area contributed by atoms with Crippen LogP contribution in [0.3, 0.4) is 0 Å². The van der Waals surface area contributed by atoms with Crippen LogP contribution in [0.2, 0.25) is 0 Å². The van der Waals surface area contributed by atoms with E-state index in [4.69, 9.17) is 0 Å². The molecule has 0 radical (unpaired) electrons. The number of aromatic amines is 1. The smallest absolute Gasteiger partial charge is 0.182 e. The van der Waals surface area contributed by atoms with Crippen LogP contribution in [-0.2, 0) is 0 Å². The first-order valence-electron chi connectivity index (χ1n) is 7.75. The minimum absolute atomic E-state index is 0.729. The summed E-state index contributed by atoms with van der Waals surface area (Å²) in [5.74, 6) is 0.729. The van der Waals surface area contributed by atoms with Crippen molar-refractivity contribution in [1.29, 1.82) is 0 Å². The second-order valence-electron chi connectivity index (χ2n) is 5.86. The summed E-state index contributed by atoms with van der Waals surface area (Å²) < 4.78 is 1.71. The predicted molar refractivity (Wildman–Crippen MR) is 93.8 cm³/mol. The Morgan fingerprint density at radius 3 is 2.21 bits per heavy atom. The molecule has 0 fully saturated rings. The quantitative estimate of drug-likeness (QED) is 0.583. The zero-order valence-electron chi connectivity index (χ0n) is 14.3. The lowest BCUT2D eigenvalue weighted by atomic mass is 10.1. The van der Waals surface area contributed by atoms with Crippen LogP contribution in [0.5, 0.6) is 0 Å². The molecule has 0 saturated heterocycles. The zero-order chi connectivity index (χ0) is 17.1. The van der Waals surface area contributed by atoms with Crippen molar-refractivity contribution in [1.82, 2.24) is 29.8 Å². The Balaban J connectivity index is 0.000000162. The second-order valence-corrected chi connectivity index (χ2v) is 5.86. The molecule has 0 saturated carbocycles. The summed E-state index contributed by atoms with van der Waals surface area (Å²) in [5.41, 5.74) is 6.50. The summed E-state index contributed by atoms with van der Waals surface area (Å²) in [6.45, 7) is 8.23. The molecule has 0 unspecified atom stereocenters. The minimum Gasteiger partial charge on any atom is -0.285 e. The largest absolute Gasteiger partial charge is 0.285 e. The molecule has 6 heteroatoms. The van der Waals surface area contributed by atoms with Crippen molar-refractivity contribution >= 4 is 5.65 Å². The first-order valence-corrected chi connectivity index (χ1v) is 7.75. The molecule has 1 aromatic carbocycles. The topological polar surface area (TPSA) is 71.8 Å². The Bertz CT molecular complexity index is 902. The molecule has 24 heavy (non-hydrogen) atoms. The van der Waals surface area contributed by atoms with Crippen molar-refractivity contribution in [2.45, 2.75) is 27.7 Å². The molecule has 0 aliphatic heterocycles. The van der Waals surface area contributed by atoms with Crippen LogP contribution in [0.25, 0.3) is 16.9 Å². The van der Waals surface area contributed by atoms with Crippen LogP contribution in [0, 0.1) is 27.7 Å². The summed E-state index contributed by atoms with van der Waals surface area (Å²) in [5, 5.41) is 10.9. The molecule has 4 rings (SSSR count). The molecule has 6 nitrogen and oxygen atoms in total. The van der Waals surface area contributed by atoms with Crippen molar-refractivity contribution in [3.63, 3.8) is 0 Å². The fourth-order valence-electron chi connectivity index (χ4n) is 2.71. The molecule has 3 aromatic heterocycles. The van der Waals surface area contributed by atoms with E-state index >= 15 is 0 Å². The number of hydrogen-bond donors (Lipinski definition) is 1. The monoisotopic (exact) mass is 320 g/mol. The van der Waals surface area contributed by atoms with Crippen LogP contribution in [0.15, 0.2) is 43.0 Å². The standard InChI is InChI=1S/C9H8N6.C9H12/c1-6-13-9-8(7-4-11-12-5-7)10-2-3-15(9)14-6;1-7-4-8(2)6-9(3)5-7/h2-5H,1H3,(H,11,12);4-6H,1-3H3. The number of benzene rings is 1. The van der Waals surface area contributed by atoms with Gasteiger partial charge in [0.05, 0.1) is 6.20 Å². The van der Waals surface area contributed by atoms with Crippen molar-refractivity contribution in [3.8, 4) is 11.3 Å². The van der Waals surface area contributed by atoms with Gasteiger partial charge in [-0.2, -0.15) is 10.2 Å². The maximum Gasteiger partial charge on any atom is 0.182 e. The van der Waals surface area contributed by atoms with Gasteiger partial charge in [0, 0.05) is 24.2 Å². The van der Waals surface area contributed by atoms with E-state index in [1.165, 1.54) is 16.7 Å². The van der Waals surface area contributed by atoms with Gasteiger partial charge < -0.3 is 0 Å². The Kier molecular flexibility index (Phi) is 4.37. The highest BCUT2D eigenvalue weighted by molar-refractivity contribution is 5.72.